The van der Waals surface area contributed by atoms with E-state index in [-0.39, 0.29) is 22.3 Å². The molecule has 1 aromatic rings. The minimum absolute atomic E-state index is 0.0599. The molecule has 1 N–H and O–H groups in total. The summed E-state index contributed by atoms with van der Waals surface area (Å²) in [7, 11) is 1.45. The summed E-state index contributed by atoms with van der Waals surface area (Å²) in [4.78, 5) is 14.7. The molecule has 0 radical (unpaired) electrons. The van der Waals surface area contributed by atoms with Crippen molar-refractivity contribution in [2.45, 2.75) is 105 Å². The number of ether oxygens (including phenoxy) is 1. The van der Waals surface area contributed by atoms with E-state index in [0.29, 0.717) is 40.1 Å². The van der Waals surface area contributed by atoms with E-state index in [4.69, 9.17) is 4.74 Å². The molecule has 4 saturated carbocycles. The van der Waals surface area contributed by atoms with Crippen LogP contribution in [-0.2, 0) is 15.9 Å². The molecule has 2 unspecified atom stereocenters. The lowest BCUT2D eigenvalue weighted by molar-refractivity contribution is -0.219. The number of carbonyl (C=O) groups excluding carboxylic acids is 1. The molecule has 270 valence electrons. The molecule has 1 aromatic carbocycles. The second-order valence-corrected chi connectivity index (χ2v) is 20.3. The number of allylic oxidation sites excluding steroid dienone is 3. The van der Waals surface area contributed by atoms with Crippen LogP contribution in [0.3, 0.4) is 0 Å². The van der Waals surface area contributed by atoms with Crippen molar-refractivity contribution in [2.75, 3.05) is 44.8 Å². The Morgan fingerprint density at radius 2 is 1.67 bits per heavy atom. The first kappa shape index (κ1) is 35.8. The van der Waals surface area contributed by atoms with Crippen molar-refractivity contribution in [3.63, 3.8) is 0 Å². The molecule has 0 bridgehead atoms. The van der Waals surface area contributed by atoms with Crippen molar-refractivity contribution >= 4 is 22.7 Å². The number of nitrogens with one attached hydrogen (secondary N) is 1. The van der Waals surface area contributed by atoms with Gasteiger partial charge in [0.1, 0.15) is 11.5 Å². The van der Waals surface area contributed by atoms with Gasteiger partial charge in [-0.15, -0.1) is 0 Å². The Kier molecular flexibility index (Phi) is 9.36. The van der Waals surface area contributed by atoms with Crippen molar-refractivity contribution < 1.29 is 14.1 Å². The molecule has 7 rings (SSSR count). The number of benzene rings is 1. The summed E-state index contributed by atoms with van der Waals surface area (Å²) in [6.07, 6.45) is 14.2. The second-order valence-electron chi connectivity index (χ2n) is 18.6. The van der Waals surface area contributed by atoms with Gasteiger partial charge in [-0.1, -0.05) is 76.2 Å². The van der Waals surface area contributed by atoms with Crippen LogP contribution in [0.5, 0.6) is 0 Å². The monoisotopic (exact) mass is 688 g/mol. The molecule has 49 heavy (non-hydrogen) atoms. The Morgan fingerprint density at radius 3 is 2.35 bits per heavy atom. The number of nitrogens with zero attached hydrogens (tertiary/aromatic N) is 1. The molecule has 5 nitrogen and oxygen atoms in total. The maximum Gasteiger partial charge on any atom is 0.337 e. The van der Waals surface area contributed by atoms with Gasteiger partial charge in [0.15, 0.2) is 0 Å². The molecular formula is C43H64N2O3S. The maximum atomic E-state index is 12.1. The zero-order chi connectivity index (χ0) is 35.0. The van der Waals surface area contributed by atoms with Gasteiger partial charge in [-0.05, 0) is 139 Å². The summed E-state index contributed by atoms with van der Waals surface area (Å²) in [6.45, 7) is 24.2. The van der Waals surface area contributed by atoms with Gasteiger partial charge in [0.25, 0.3) is 0 Å². The minimum atomic E-state index is -0.616. The average Bonchev–Trinajstić information content (AvgIpc) is 3.45. The highest BCUT2D eigenvalue weighted by atomic mass is 32.2. The van der Waals surface area contributed by atoms with E-state index in [0.717, 1.165) is 50.0 Å². The SMILES string of the molecule is C=C(C)C1CCC2(NCCN3CC[S+]([O-])CC3)CC[C@]3(C)[C@H](CC[C@@H]4[C@@]5(C)CC=C(c6ccc(C(=O)OC)cc6)C(C)(C)[C@@H]5CC[C@]43C)[C@@H]12. The quantitative estimate of drug-likeness (QED) is 0.177. The van der Waals surface area contributed by atoms with Crippen molar-refractivity contribution in [1.82, 2.24) is 10.2 Å². The summed E-state index contributed by atoms with van der Waals surface area (Å²) < 4.78 is 16.9. The fraction of sp³-hybridized carbons (Fsp3) is 0.744. The fourth-order valence-electron chi connectivity index (χ4n) is 13.8. The minimum Gasteiger partial charge on any atom is -0.616 e. The third kappa shape index (κ3) is 5.55. The van der Waals surface area contributed by atoms with Crippen LogP contribution in [-0.4, -0.2) is 65.8 Å². The van der Waals surface area contributed by atoms with E-state index in [1.54, 1.807) is 0 Å². The topological polar surface area (TPSA) is 64.6 Å². The molecule has 0 spiro atoms. The average molecular weight is 689 g/mol. The van der Waals surface area contributed by atoms with Gasteiger partial charge < -0.3 is 14.6 Å². The molecule has 1 heterocycles. The summed E-state index contributed by atoms with van der Waals surface area (Å²) in [6, 6.07) is 8.14. The predicted molar refractivity (Wildman–Crippen MR) is 203 cm³/mol. The van der Waals surface area contributed by atoms with Gasteiger partial charge in [0.2, 0.25) is 0 Å². The van der Waals surface area contributed by atoms with E-state index < -0.39 is 11.2 Å². The summed E-state index contributed by atoms with van der Waals surface area (Å²) in [5, 5.41) is 4.28. The Bertz CT molecular complexity index is 1460. The number of rotatable bonds is 7. The molecule has 0 amide bonds. The first-order valence-corrected chi connectivity index (χ1v) is 21.1. The van der Waals surface area contributed by atoms with Gasteiger partial charge in [-0.2, -0.15) is 0 Å². The van der Waals surface area contributed by atoms with Gasteiger partial charge in [-0.3, -0.25) is 4.90 Å². The van der Waals surface area contributed by atoms with Crippen molar-refractivity contribution in [2.24, 2.45) is 51.2 Å². The van der Waals surface area contributed by atoms with Crippen LogP contribution in [0.2, 0.25) is 0 Å². The van der Waals surface area contributed by atoms with Crippen LogP contribution >= 0.6 is 0 Å². The van der Waals surface area contributed by atoms with E-state index in [9.17, 15) is 9.35 Å². The van der Waals surface area contributed by atoms with Gasteiger partial charge in [0, 0.05) is 31.7 Å². The Morgan fingerprint density at radius 1 is 0.959 bits per heavy atom. The van der Waals surface area contributed by atoms with E-state index >= 15 is 0 Å². The molecule has 1 aliphatic heterocycles. The number of carbonyl (C=O) groups is 1. The first-order valence-electron chi connectivity index (χ1n) is 19.6. The highest BCUT2D eigenvalue weighted by Crippen LogP contribution is 2.76. The zero-order valence-corrected chi connectivity index (χ0v) is 32.5. The first-order chi connectivity index (χ1) is 23.2. The second kappa shape index (κ2) is 12.8. The normalized spacial score (nSPS) is 41.9. The van der Waals surface area contributed by atoms with Crippen LogP contribution in [0.25, 0.3) is 5.57 Å². The lowest BCUT2D eigenvalue weighted by atomic mass is 9.33. The lowest BCUT2D eigenvalue weighted by Gasteiger charge is -2.72. The Balaban J connectivity index is 1.15. The van der Waals surface area contributed by atoms with Crippen LogP contribution < -0.4 is 5.32 Å². The molecule has 5 fully saturated rings. The molecule has 1 saturated heterocycles. The number of fused-ring (bicyclic) bond motifs is 7. The highest BCUT2D eigenvalue weighted by molar-refractivity contribution is 7.91. The molecule has 9 atom stereocenters. The number of hydrogen-bond acceptors (Lipinski definition) is 5. The Hall–Kier alpha value is -1.60. The van der Waals surface area contributed by atoms with E-state index in [1.165, 1.54) is 75.2 Å². The van der Waals surface area contributed by atoms with Crippen LogP contribution in [0, 0.1) is 51.2 Å². The largest absolute Gasteiger partial charge is 0.616 e. The van der Waals surface area contributed by atoms with Gasteiger partial charge in [0.05, 0.1) is 12.7 Å². The molecule has 0 aromatic heterocycles. The number of hydrogen-bond donors (Lipinski definition) is 1. The smallest absolute Gasteiger partial charge is 0.337 e. The predicted octanol–water partition coefficient (Wildman–Crippen LogP) is 8.53. The van der Waals surface area contributed by atoms with Crippen LogP contribution in [0.4, 0.5) is 0 Å². The van der Waals surface area contributed by atoms with Crippen molar-refractivity contribution in [1.29, 1.82) is 0 Å². The van der Waals surface area contributed by atoms with Gasteiger partial charge in [-0.25, -0.2) is 4.79 Å². The third-order valence-electron chi connectivity index (χ3n) is 16.4. The Labute approximate surface area is 300 Å². The molecule has 6 heteroatoms. The molecule has 6 aliphatic rings. The van der Waals surface area contributed by atoms with Crippen molar-refractivity contribution in [3.05, 3.63) is 53.6 Å². The highest BCUT2D eigenvalue weighted by Gasteiger charge is 2.70. The summed E-state index contributed by atoms with van der Waals surface area (Å²) >= 11 is -0.616. The number of methoxy groups -OCH3 is 1. The van der Waals surface area contributed by atoms with Crippen molar-refractivity contribution in [3.8, 4) is 0 Å². The van der Waals surface area contributed by atoms with E-state index in [1.807, 2.05) is 12.1 Å². The van der Waals surface area contributed by atoms with E-state index in [2.05, 4.69) is 76.5 Å². The van der Waals surface area contributed by atoms with Gasteiger partial charge >= 0.3 is 5.97 Å². The molecular weight excluding hydrogens is 625 g/mol. The summed E-state index contributed by atoms with van der Waals surface area (Å²) in [5.41, 5.74) is 5.94. The standard InChI is InChI=1S/C43H64N2O3S/c1-29(2)32-15-20-43(44-23-24-45-25-27-49(47)28-26-45)22-21-41(6)34(37(32)43)13-14-36-40(5)18-16-33(30-9-11-31(12-10-30)38(46)48-8)39(3,4)35(40)17-19-42(36,41)7/h9-12,16,32,34-37,44H,1,13-15,17-28H2,2-8H3/t32?,34-,35+,36-,37-,40+,41-,42-,43?/m1/s1. The van der Waals surface area contributed by atoms with Crippen LogP contribution in [0.15, 0.2) is 42.5 Å². The molecule has 5 aliphatic carbocycles. The summed E-state index contributed by atoms with van der Waals surface area (Å²) in [5.74, 6) is 4.76. The lowest BCUT2D eigenvalue weighted by Crippen LogP contribution is -2.68. The third-order valence-corrected chi connectivity index (χ3v) is 17.7. The number of esters is 1. The maximum absolute atomic E-state index is 12.1. The van der Waals surface area contributed by atoms with Crippen LogP contribution in [0.1, 0.15) is 115 Å². The zero-order valence-electron chi connectivity index (χ0n) is 31.7. The fourth-order valence-corrected chi connectivity index (χ4v) is 14.9.